The second-order valence-corrected chi connectivity index (χ2v) is 7.51. The molecule has 0 atom stereocenters. The quantitative estimate of drug-likeness (QED) is 0.549. The molecule has 0 aliphatic carbocycles. The number of nitrogens with one attached hydrogen (secondary N) is 1. The summed E-state index contributed by atoms with van der Waals surface area (Å²) in [6, 6.07) is 11.2. The highest BCUT2D eigenvalue weighted by Gasteiger charge is 2.39. The molecule has 0 fully saturated rings. The second-order valence-electron chi connectivity index (χ2n) is 6.72. The highest BCUT2D eigenvalue weighted by molar-refractivity contribution is 6.53. The van der Waals surface area contributed by atoms with E-state index in [9.17, 15) is 14.4 Å². The van der Waals surface area contributed by atoms with Gasteiger partial charge in [-0.3, -0.25) is 9.59 Å². The lowest BCUT2D eigenvalue weighted by Gasteiger charge is -2.16. The van der Waals surface area contributed by atoms with Crippen molar-refractivity contribution in [1.29, 1.82) is 0 Å². The van der Waals surface area contributed by atoms with Crippen molar-refractivity contribution < 1.29 is 19.1 Å². The molecule has 0 unspecified atom stereocenters. The van der Waals surface area contributed by atoms with Gasteiger partial charge >= 0.3 is 5.97 Å². The van der Waals surface area contributed by atoms with Crippen molar-refractivity contribution in [2.24, 2.45) is 0 Å². The SMILES string of the molecule is Cc1ccc(N2C(=O)C(Cl)=C(Nc3ccc(C(=O)OC(C)C)cc3)C2=O)cc1Cl. The average molecular weight is 433 g/mol. The lowest BCUT2D eigenvalue weighted by atomic mass is 10.2. The van der Waals surface area contributed by atoms with Crippen LogP contribution in [-0.4, -0.2) is 23.9 Å². The third-order valence-electron chi connectivity index (χ3n) is 4.17. The highest BCUT2D eigenvalue weighted by Crippen LogP contribution is 2.32. The maximum Gasteiger partial charge on any atom is 0.338 e. The lowest BCUT2D eigenvalue weighted by Crippen LogP contribution is -2.32. The van der Waals surface area contributed by atoms with Crippen LogP contribution in [0.25, 0.3) is 0 Å². The van der Waals surface area contributed by atoms with E-state index in [1.807, 2.05) is 6.92 Å². The number of carbonyl (C=O) groups is 3. The van der Waals surface area contributed by atoms with Gasteiger partial charge in [0, 0.05) is 10.7 Å². The molecule has 1 aliphatic heterocycles. The van der Waals surface area contributed by atoms with Gasteiger partial charge in [-0.1, -0.05) is 29.3 Å². The topological polar surface area (TPSA) is 75.7 Å². The van der Waals surface area contributed by atoms with Crippen molar-refractivity contribution in [2.45, 2.75) is 26.9 Å². The zero-order chi connectivity index (χ0) is 21.3. The van der Waals surface area contributed by atoms with Crippen LogP contribution in [0.15, 0.2) is 53.2 Å². The zero-order valence-corrected chi connectivity index (χ0v) is 17.5. The third kappa shape index (κ3) is 4.28. The van der Waals surface area contributed by atoms with Crippen LogP contribution in [-0.2, 0) is 14.3 Å². The molecule has 2 aromatic carbocycles. The number of nitrogens with zero attached hydrogens (tertiary/aromatic N) is 1. The Morgan fingerprint density at radius 2 is 1.69 bits per heavy atom. The molecule has 2 aromatic rings. The molecule has 0 saturated carbocycles. The molecule has 0 aromatic heterocycles. The monoisotopic (exact) mass is 432 g/mol. The molecule has 0 bridgehead atoms. The van der Waals surface area contributed by atoms with Gasteiger partial charge in [0.1, 0.15) is 10.7 Å². The van der Waals surface area contributed by atoms with Gasteiger partial charge in [0.05, 0.1) is 17.4 Å². The number of carbonyl (C=O) groups excluding carboxylic acids is 3. The van der Waals surface area contributed by atoms with Crippen LogP contribution in [0.2, 0.25) is 5.02 Å². The van der Waals surface area contributed by atoms with Crippen molar-refractivity contribution in [1.82, 2.24) is 0 Å². The molecule has 1 N–H and O–H groups in total. The van der Waals surface area contributed by atoms with Crippen molar-refractivity contribution in [3.8, 4) is 0 Å². The molecular formula is C21H18Cl2N2O4. The summed E-state index contributed by atoms with van der Waals surface area (Å²) < 4.78 is 5.13. The number of hydrogen-bond donors (Lipinski definition) is 1. The van der Waals surface area contributed by atoms with Crippen molar-refractivity contribution in [3.63, 3.8) is 0 Å². The molecule has 3 rings (SSSR count). The minimum absolute atomic E-state index is 0.0501. The summed E-state index contributed by atoms with van der Waals surface area (Å²) in [5, 5.41) is 3.06. The summed E-state index contributed by atoms with van der Waals surface area (Å²) in [6.45, 7) is 5.34. The van der Waals surface area contributed by atoms with E-state index < -0.39 is 17.8 Å². The van der Waals surface area contributed by atoms with Gasteiger partial charge in [-0.05, 0) is 62.7 Å². The fraction of sp³-hybridized carbons (Fsp3) is 0.190. The average Bonchev–Trinajstić information content (AvgIpc) is 2.87. The number of amides is 2. The number of esters is 1. The number of imide groups is 1. The van der Waals surface area contributed by atoms with Gasteiger partial charge in [0.15, 0.2) is 0 Å². The van der Waals surface area contributed by atoms with Crippen molar-refractivity contribution in [2.75, 3.05) is 10.2 Å². The van der Waals surface area contributed by atoms with E-state index >= 15 is 0 Å². The van der Waals surface area contributed by atoms with E-state index in [0.29, 0.717) is 22.0 Å². The molecular weight excluding hydrogens is 415 g/mol. The fourth-order valence-electron chi connectivity index (χ4n) is 2.68. The first-order chi connectivity index (χ1) is 13.7. The van der Waals surface area contributed by atoms with E-state index in [4.69, 9.17) is 27.9 Å². The number of anilines is 2. The maximum atomic E-state index is 12.8. The lowest BCUT2D eigenvalue weighted by molar-refractivity contribution is -0.120. The molecule has 29 heavy (non-hydrogen) atoms. The molecule has 8 heteroatoms. The number of halogens is 2. The Morgan fingerprint density at radius 3 is 2.28 bits per heavy atom. The van der Waals surface area contributed by atoms with Gasteiger partial charge in [-0.2, -0.15) is 0 Å². The van der Waals surface area contributed by atoms with Crippen LogP contribution in [0.3, 0.4) is 0 Å². The summed E-state index contributed by atoms with van der Waals surface area (Å²) in [5.74, 6) is -1.68. The van der Waals surface area contributed by atoms with E-state index in [2.05, 4.69) is 5.32 Å². The first-order valence-corrected chi connectivity index (χ1v) is 9.57. The first-order valence-electron chi connectivity index (χ1n) is 8.82. The molecule has 150 valence electrons. The molecule has 1 aliphatic rings. The normalized spacial score (nSPS) is 14.1. The zero-order valence-electron chi connectivity index (χ0n) is 16.0. The summed E-state index contributed by atoms with van der Waals surface area (Å²) in [5.41, 5.74) is 1.96. The molecule has 0 radical (unpaired) electrons. The fourth-order valence-corrected chi connectivity index (χ4v) is 3.07. The highest BCUT2D eigenvalue weighted by atomic mass is 35.5. The Bertz CT molecular complexity index is 1030. The minimum Gasteiger partial charge on any atom is -0.459 e. The van der Waals surface area contributed by atoms with Gasteiger partial charge in [-0.25, -0.2) is 9.69 Å². The van der Waals surface area contributed by atoms with Gasteiger partial charge in [0.25, 0.3) is 11.8 Å². The number of benzene rings is 2. The van der Waals surface area contributed by atoms with E-state index in [-0.39, 0.29) is 16.8 Å². The Labute approximate surface area is 178 Å². The summed E-state index contributed by atoms with van der Waals surface area (Å²) in [4.78, 5) is 38.2. The first kappa shape index (κ1) is 20.9. The summed E-state index contributed by atoms with van der Waals surface area (Å²) >= 11 is 12.2. The van der Waals surface area contributed by atoms with Crippen LogP contribution < -0.4 is 10.2 Å². The van der Waals surface area contributed by atoms with Gasteiger partial charge in [-0.15, -0.1) is 0 Å². The van der Waals surface area contributed by atoms with E-state index in [1.54, 1.807) is 50.2 Å². The number of ether oxygens (including phenoxy) is 1. The number of aryl methyl sites for hydroxylation is 1. The Balaban J connectivity index is 1.80. The Hall–Kier alpha value is -2.83. The Morgan fingerprint density at radius 1 is 1.03 bits per heavy atom. The van der Waals surface area contributed by atoms with Crippen LogP contribution >= 0.6 is 23.2 Å². The minimum atomic E-state index is -0.642. The molecule has 6 nitrogen and oxygen atoms in total. The van der Waals surface area contributed by atoms with E-state index in [1.165, 1.54) is 6.07 Å². The van der Waals surface area contributed by atoms with Crippen molar-refractivity contribution in [3.05, 3.63) is 69.3 Å². The predicted molar refractivity (Wildman–Crippen MR) is 112 cm³/mol. The summed E-state index contributed by atoms with van der Waals surface area (Å²) in [6.07, 6.45) is -0.229. The largest absolute Gasteiger partial charge is 0.459 e. The standard InChI is InChI=1S/C21H18Cl2N2O4/c1-11(2)29-21(28)13-5-7-14(8-6-13)24-18-17(23)19(26)25(20(18)27)15-9-4-12(3)16(22)10-15/h4-11,24H,1-3H3. The molecule has 0 spiro atoms. The van der Waals surface area contributed by atoms with Crippen LogP contribution in [0.5, 0.6) is 0 Å². The second kappa shape index (κ2) is 8.27. The van der Waals surface area contributed by atoms with Crippen molar-refractivity contribution >= 4 is 52.4 Å². The molecule has 1 heterocycles. The van der Waals surface area contributed by atoms with Crippen LogP contribution in [0.1, 0.15) is 29.8 Å². The van der Waals surface area contributed by atoms with Crippen LogP contribution in [0.4, 0.5) is 11.4 Å². The van der Waals surface area contributed by atoms with Crippen LogP contribution in [0, 0.1) is 6.92 Å². The van der Waals surface area contributed by atoms with E-state index in [0.717, 1.165) is 10.5 Å². The predicted octanol–water partition coefficient (Wildman–Crippen LogP) is 4.65. The Kier molecular flexibility index (Phi) is 5.96. The maximum absolute atomic E-state index is 12.8. The third-order valence-corrected chi connectivity index (χ3v) is 4.93. The van der Waals surface area contributed by atoms with Gasteiger partial charge in [0.2, 0.25) is 0 Å². The number of hydrogen-bond acceptors (Lipinski definition) is 5. The van der Waals surface area contributed by atoms with Gasteiger partial charge < -0.3 is 10.1 Å². The smallest absolute Gasteiger partial charge is 0.338 e. The molecule has 0 saturated heterocycles. The molecule has 2 amide bonds. The number of rotatable bonds is 5. The summed E-state index contributed by atoms with van der Waals surface area (Å²) in [7, 11) is 0.